The van der Waals surface area contributed by atoms with Gasteiger partial charge in [-0.05, 0) is 24.3 Å². The van der Waals surface area contributed by atoms with Gasteiger partial charge < -0.3 is 15.7 Å². The maximum atomic E-state index is 12.3. The third-order valence-corrected chi connectivity index (χ3v) is 4.71. The van der Waals surface area contributed by atoms with Gasteiger partial charge in [-0.25, -0.2) is 4.79 Å². The van der Waals surface area contributed by atoms with Crippen LogP contribution in [0, 0.1) is 0 Å². The summed E-state index contributed by atoms with van der Waals surface area (Å²) in [7, 11) is 0. The fourth-order valence-corrected chi connectivity index (χ4v) is 3.28. The van der Waals surface area contributed by atoms with Crippen molar-refractivity contribution in [3.8, 4) is 0 Å². The molecule has 2 aromatic carbocycles. The lowest BCUT2D eigenvalue weighted by Crippen LogP contribution is -2.48. The predicted octanol–water partition coefficient (Wildman–Crippen LogP) is 3.91. The summed E-state index contributed by atoms with van der Waals surface area (Å²) in [6.45, 7) is -0.413. The summed E-state index contributed by atoms with van der Waals surface area (Å²) in [6.07, 6.45) is 0. The van der Waals surface area contributed by atoms with Gasteiger partial charge in [0.05, 0.1) is 31.2 Å². The molecule has 0 heterocycles. The molecule has 0 aliphatic heterocycles. The SMILES string of the molecule is O=C(NCC(NC(=O)c1c(Cl)cccc1Cl)C(=O)O)c1c(Cl)cccc1Cl. The molecule has 2 aromatic rings. The van der Waals surface area contributed by atoms with Gasteiger partial charge in [0, 0.05) is 6.54 Å². The van der Waals surface area contributed by atoms with Gasteiger partial charge in [0.25, 0.3) is 11.8 Å². The molecule has 0 saturated carbocycles. The molecule has 1 unspecified atom stereocenters. The number of aliphatic carboxylic acids is 1. The van der Waals surface area contributed by atoms with Crippen molar-refractivity contribution in [1.82, 2.24) is 10.6 Å². The standard InChI is InChI=1S/C17H12Cl4N2O4/c18-8-3-1-4-9(19)13(8)15(24)22-7-12(17(26)27)23-16(25)14-10(20)5-2-6-11(14)21/h1-6,12H,7H2,(H,22,24)(H,23,25)(H,26,27). The Bertz CT molecular complexity index is 864. The molecule has 10 heteroatoms. The average Bonchev–Trinajstić information content (AvgIpc) is 2.58. The van der Waals surface area contributed by atoms with Crippen molar-refractivity contribution in [2.75, 3.05) is 6.54 Å². The smallest absolute Gasteiger partial charge is 0.328 e. The summed E-state index contributed by atoms with van der Waals surface area (Å²) < 4.78 is 0. The molecule has 6 nitrogen and oxygen atoms in total. The Balaban J connectivity index is 2.11. The number of carbonyl (C=O) groups is 3. The van der Waals surface area contributed by atoms with Gasteiger partial charge in [0.1, 0.15) is 6.04 Å². The van der Waals surface area contributed by atoms with Gasteiger partial charge in [-0.3, -0.25) is 9.59 Å². The summed E-state index contributed by atoms with van der Waals surface area (Å²) >= 11 is 23.8. The lowest BCUT2D eigenvalue weighted by atomic mass is 10.1. The van der Waals surface area contributed by atoms with E-state index in [1.807, 2.05) is 0 Å². The second kappa shape index (κ2) is 9.28. The van der Waals surface area contributed by atoms with Crippen LogP contribution in [0.5, 0.6) is 0 Å². The molecule has 0 aliphatic rings. The van der Waals surface area contributed by atoms with Crippen LogP contribution in [-0.2, 0) is 4.79 Å². The largest absolute Gasteiger partial charge is 0.480 e. The van der Waals surface area contributed by atoms with E-state index in [0.717, 1.165) is 0 Å². The molecule has 27 heavy (non-hydrogen) atoms. The molecule has 0 spiro atoms. The number of carboxylic acids is 1. The zero-order chi connectivity index (χ0) is 20.1. The summed E-state index contributed by atoms with van der Waals surface area (Å²) in [5, 5.41) is 14.3. The zero-order valence-corrected chi connectivity index (χ0v) is 16.5. The number of carbonyl (C=O) groups excluding carboxylic acids is 2. The van der Waals surface area contributed by atoms with Crippen LogP contribution in [0.4, 0.5) is 0 Å². The van der Waals surface area contributed by atoms with Gasteiger partial charge in [0.15, 0.2) is 0 Å². The third kappa shape index (κ3) is 5.26. The molecule has 142 valence electrons. The third-order valence-electron chi connectivity index (χ3n) is 3.45. The highest BCUT2D eigenvalue weighted by Gasteiger charge is 2.25. The van der Waals surface area contributed by atoms with Crippen molar-refractivity contribution in [3.05, 3.63) is 67.6 Å². The maximum Gasteiger partial charge on any atom is 0.328 e. The molecule has 0 aliphatic carbocycles. The number of nitrogens with one attached hydrogen (secondary N) is 2. The van der Waals surface area contributed by atoms with E-state index in [4.69, 9.17) is 46.4 Å². The number of rotatable bonds is 6. The second-order valence-corrected chi connectivity index (χ2v) is 6.90. The maximum absolute atomic E-state index is 12.3. The summed E-state index contributed by atoms with van der Waals surface area (Å²) in [6, 6.07) is 7.50. The quantitative estimate of drug-likeness (QED) is 0.622. The van der Waals surface area contributed by atoms with Gasteiger partial charge in [-0.15, -0.1) is 0 Å². The van der Waals surface area contributed by atoms with Crippen LogP contribution >= 0.6 is 46.4 Å². The van der Waals surface area contributed by atoms with Crippen molar-refractivity contribution >= 4 is 64.2 Å². The number of amides is 2. The Morgan fingerprint density at radius 3 is 1.63 bits per heavy atom. The van der Waals surface area contributed by atoms with Gasteiger partial charge >= 0.3 is 5.97 Å². The van der Waals surface area contributed by atoms with Gasteiger partial charge in [-0.2, -0.15) is 0 Å². The van der Waals surface area contributed by atoms with Crippen LogP contribution in [0.15, 0.2) is 36.4 Å². The highest BCUT2D eigenvalue weighted by molar-refractivity contribution is 6.40. The molecule has 0 radical (unpaired) electrons. The van der Waals surface area contributed by atoms with Crippen molar-refractivity contribution in [3.63, 3.8) is 0 Å². The van der Waals surface area contributed by atoms with Gasteiger partial charge in [-0.1, -0.05) is 58.5 Å². The number of benzene rings is 2. The van der Waals surface area contributed by atoms with Crippen LogP contribution in [-0.4, -0.2) is 35.5 Å². The topological polar surface area (TPSA) is 95.5 Å². The van der Waals surface area contributed by atoms with Crippen molar-refractivity contribution < 1.29 is 19.5 Å². The average molecular weight is 450 g/mol. The van der Waals surface area contributed by atoms with Crippen LogP contribution in [0.25, 0.3) is 0 Å². The van der Waals surface area contributed by atoms with Crippen LogP contribution in [0.3, 0.4) is 0 Å². The molecule has 2 amide bonds. The zero-order valence-electron chi connectivity index (χ0n) is 13.4. The summed E-state index contributed by atoms with van der Waals surface area (Å²) in [5.74, 6) is -2.83. The van der Waals surface area contributed by atoms with E-state index >= 15 is 0 Å². The van der Waals surface area contributed by atoms with Crippen molar-refractivity contribution in [1.29, 1.82) is 0 Å². The minimum atomic E-state index is -1.44. The fraction of sp³-hybridized carbons (Fsp3) is 0.118. The first-order valence-electron chi connectivity index (χ1n) is 7.42. The van der Waals surface area contributed by atoms with Crippen molar-refractivity contribution in [2.45, 2.75) is 6.04 Å². The summed E-state index contributed by atoms with van der Waals surface area (Å²) in [4.78, 5) is 36.0. The van der Waals surface area contributed by atoms with Gasteiger partial charge in [0.2, 0.25) is 0 Å². The normalized spacial score (nSPS) is 11.6. The monoisotopic (exact) mass is 448 g/mol. The number of halogens is 4. The molecule has 1 atom stereocenters. The first-order valence-corrected chi connectivity index (χ1v) is 8.93. The van der Waals surface area contributed by atoms with Crippen molar-refractivity contribution in [2.24, 2.45) is 0 Å². The fourth-order valence-electron chi connectivity index (χ4n) is 2.14. The molecule has 0 fully saturated rings. The van der Waals surface area contributed by atoms with E-state index in [1.54, 1.807) is 12.1 Å². The van der Waals surface area contributed by atoms with E-state index in [1.165, 1.54) is 24.3 Å². The molecule has 2 rings (SSSR count). The Labute approximate surface area is 174 Å². The first kappa shape index (κ1) is 21.3. The van der Waals surface area contributed by atoms with E-state index < -0.39 is 30.4 Å². The highest BCUT2D eigenvalue weighted by Crippen LogP contribution is 2.25. The minimum absolute atomic E-state index is 0.00504. The van der Waals surface area contributed by atoms with Crippen LogP contribution in [0.1, 0.15) is 20.7 Å². The first-order chi connectivity index (χ1) is 12.7. The molecule has 0 bridgehead atoms. The lowest BCUT2D eigenvalue weighted by molar-refractivity contribution is -0.139. The second-order valence-electron chi connectivity index (χ2n) is 5.27. The molecule has 3 N–H and O–H groups in total. The van der Waals surface area contributed by atoms with E-state index in [-0.39, 0.29) is 31.2 Å². The van der Waals surface area contributed by atoms with E-state index in [2.05, 4.69) is 10.6 Å². The lowest BCUT2D eigenvalue weighted by Gasteiger charge is -2.17. The number of hydrogen-bond acceptors (Lipinski definition) is 3. The highest BCUT2D eigenvalue weighted by atomic mass is 35.5. The number of carboxylic acid groups (broad SMARTS) is 1. The van der Waals surface area contributed by atoms with Crippen LogP contribution in [0.2, 0.25) is 20.1 Å². The Kier molecular flexibility index (Phi) is 7.33. The van der Waals surface area contributed by atoms with Crippen LogP contribution < -0.4 is 10.6 Å². The molecule has 0 saturated heterocycles. The Hall–Kier alpha value is -1.99. The molecule has 0 aromatic heterocycles. The Morgan fingerprint density at radius 2 is 1.22 bits per heavy atom. The van der Waals surface area contributed by atoms with E-state index in [0.29, 0.717) is 0 Å². The predicted molar refractivity (Wildman–Crippen MR) is 104 cm³/mol. The minimum Gasteiger partial charge on any atom is -0.480 e. The number of hydrogen-bond donors (Lipinski definition) is 3. The Morgan fingerprint density at radius 1 is 0.815 bits per heavy atom. The molecular formula is C17H12Cl4N2O4. The van der Waals surface area contributed by atoms with E-state index in [9.17, 15) is 19.5 Å². The molecular weight excluding hydrogens is 438 g/mol. The summed E-state index contributed by atoms with van der Waals surface area (Å²) in [5.41, 5.74) is -0.0574.